The molecule has 3 unspecified atom stereocenters. The van der Waals surface area contributed by atoms with E-state index in [9.17, 15) is 43.2 Å². The van der Waals surface area contributed by atoms with Crippen molar-refractivity contribution in [1.29, 1.82) is 0 Å². The molecule has 0 saturated heterocycles. The Hall–Kier alpha value is -1.94. The molecule has 0 heterocycles. The van der Waals surface area contributed by atoms with E-state index in [1.807, 2.05) is 0 Å². The summed E-state index contributed by atoms with van der Waals surface area (Å²) in [6.07, 6.45) is 85.2. The summed E-state index contributed by atoms with van der Waals surface area (Å²) >= 11 is 0. The number of phosphoric acid groups is 2. The molecular weight excluding hydrogens is 1470 g/mol. The maximum atomic E-state index is 13.2. The van der Waals surface area contributed by atoms with Crippen molar-refractivity contribution in [3.8, 4) is 0 Å². The van der Waals surface area contributed by atoms with Crippen molar-refractivity contribution in [2.45, 2.75) is 541 Å². The molecule has 0 aliphatic rings. The molecule has 0 aromatic rings. The lowest BCUT2D eigenvalue weighted by Crippen LogP contribution is -2.30. The first-order chi connectivity index (χ1) is 55.6. The zero-order chi connectivity index (χ0) is 83.3. The number of carbonyl (C=O) groups is 4. The van der Waals surface area contributed by atoms with Gasteiger partial charge in [-0.05, 0) is 31.6 Å². The summed E-state index contributed by atoms with van der Waals surface area (Å²) < 4.78 is 69.1. The fourth-order valence-corrected chi connectivity index (χ4v) is 16.6. The third-order valence-electron chi connectivity index (χ3n) is 22.9. The molecule has 0 fully saturated rings. The summed E-state index contributed by atoms with van der Waals surface area (Å²) in [6.45, 7) is 7.45. The maximum Gasteiger partial charge on any atom is 0.472 e. The minimum absolute atomic E-state index is 0.109. The SMILES string of the molecule is CCCCCCCCCCCCCCCCCCCCCCCCC(=O)OC[C@H](COP(=O)(O)OC[C@@H](O)COP(=O)(O)OC[C@@H](COC(=O)CCCCCCCCCC)OC(=O)CCCCCCCCCCCCCCCCCCCCCCCC)OC(=O)CCCCCCCCCCCCCCCCCCCCC(C)CC. The summed E-state index contributed by atoms with van der Waals surface area (Å²) in [4.78, 5) is 73.4. The highest BCUT2D eigenvalue weighted by Crippen LogP contribution is 2.45. The van der Waals surface area contributed by atoms with Crippen molar-refractivity contribution in [3.05, 3.63) is 0 Å². The zero-order valence-corrected chi connectivity index (χ0v) is 77.0. The molecule has 19 heteroatoms. The molecule has 0 rings (SSSR count). The largest absolute Gasteiger partial charge is 0.472 e. The van der Waals surface area contributed by atoms with Gasteiger partial charge < -0.3 is 33.8 Å². The number of unbranched alkanes of at least 4 members (excludes halogenated alkanes) is 66. The second-order valence-corrected chi connectivity index (χ2v) is 37.3. The molecule has 0 bridgehead atoms. The van der Waals surface area contributed by atoms with E-state index in [1.165, 1.54) is 347 Å². The number of aliphatic hydroxyl groups is 1. The third kappa shape index (κ3) is 86.4. The minimum atomic E-state index is -4.97. The molecular formula is C95H186O17P2. The van der Waals surface area contributed by atoms with Crippen molar-refractivity contribution in [2.75, 3.05) is 39.6 Å². The number of esters is 4. The van der Waals surface area contributed by atoms with E-state index in [0.717, 1.165) is 95.8 Å². The monoisotopic (exact) mass is 1660 g/mol. The van der Waals surface area contributed by atoms with E-state index in [4.69, 9.17) is 37.0 Å². The van der Waals surface area contributed by atoms with Gasteiger partial charge in [0, 0.05) is 25.7 Å². The van der Waals surface area contributed by atoms with Crippen LogP contribution in [0.4, 0.5) is 0 Å². The standard InChI is InChI=1S/C95H186O17P2/c1-6-10-13-16-19-22-24-26-28-30-32-34-36-38-43-47-51-55-59-64-69-74-79-93(98)106-85-91(112-95(100)81-76-71-66-61-57-53-49-45-41-40-42-46-50-54-58-62-67-72-77-88(5)9-4)87-110-114(103,104)108-83-89(96)82-107-113(101,102)109-86-90(84-105-92(97)78-73-68-63-21-18-15-12-8-3)111-94(99)80-75-70-65-60-56-52-48-44-39-37-35-33-31-29-27-25-23-20-17-14-11-7-2/h88-91,96H,6-87H2,1-5H3,(H,101,102)(H,103,104)/t88?,89-,90+,91+/m0/s1. The van der Waals surface area contributed by atoms with Gasteiger partial charge in [0.05, 0.1) is 26.4 Å². The highest BCUT2D eigenvalue weighted by Gasteiger charge is 2.31. The smallest absolute Gasteiger partial charge is 0.462 e. The lowest BCUT2D eigenvalue weighted by molar-refractivity contribution is -0.161. The molecule has 0 spiro atoms. The van der Waals surface area contributed by atoms with E-state index in [1.54, 1.807) is 0 Å². The van der Waals surface area contributed by atoms with E-state index in [-0.39, 0.29) is 25.7 Å². The van der Waals surface area contributed by atoms with Gasteiger partial charge in [-0.15, -0.1) is 0 Å². The molecule has 0 aromatic heterocycles. The summed E-state index contributed by atoms with van der Waals surface area (Å²) in [5.41, 5.74) is 0. The maximum absolute atomic E-state index is 13.2. The summed E-state index contributed by atoms with van der Waals surface area (Å²) in [7, 11) is -9.93. The molecule has 3 N–H and O–H groups in total. The lowest BCUT2D eigenvalue weighted by Gasteiger charge is -2.21. The van der Waals surface area contributed by atoms with Crippen LogP contribution < -0.4 is 0 Å². The minimum Gasteiger partial charge on any atom is -0.462 e. The Morgan fingerprint density at radius 3 is 0.623 bits per heavy atom. The first-order valence-corrected chi connectivity index (χ1v) is 52.2. The number of rotatable bonds is 95. The molecule has 0 radical (unpaired) electrons. The predicted octanol–water partition coefficient (Wildman–Crippen LogP) is 29.9. The topological polar surface area (TPSA) is 237 Å². The summed E-state index contributed by atoms with van der Waals surface area (Å²) in [6, 6.07) is 0. The summed E-state index contributed by atoms with van der Waals surface area (Å²) in [5, 5.41) is 10.7. The summed E-state index contributed by atoms with van der Waals surface area (Å²) in [5.74, 6) is -1.22. The fourth-order valence-electron chi connectivity index (χ4n) is 15.0. The Bertz CT molecular complexity index is 2150. The molecule has 0 aromatic carbocycles. The predicted molar refractivity (Wildman–Crippen MR) is 474 cm³/mol. The molecule has 0 aliphatic heterocycles. The van der Waals surface area contributed by atoms with Crippen molar-refractivity contribution >= 4 is 39.5 Å². The Labute approximate surface area is 702 Å². The zero-order valence-electron chi connectivity index (χ0n) is 75.2. The number of carbonyl (C=O) groups excluding carboxylic acids is 4. The number of hydrogen-bond donors (Lipinski definition) is 3. The van der Waals surface area contributed by atoms with Crippen LogP contribution in [0.3, 0.4) is 0 Å². The quantitative estimate of drug-likeness (QED) is 0.0222. The van der Waals surface area contributed by atoms with E-state index in [0.29, 0.717) is 25.7 Å². The van der Waals surface area contributed by atoms with Crippen LogP contribution in [-0.2, 0) is 65.4 Å². The fraction of sp³-hybridized carbons (Fsp3) is 0.958. The van der Waals surface area contributed by atoms with Crippen LogP contribution in [-0.4, -0.2) is 96.7 Å². The van der Waals surface area contributed by atoms with Gasteiger partial charge in [-0.1, -0.05) is 471 Å². The number of phosphoric ester groups is 2. The van der Waals surface area contributed by atoms with Crippen LogP contribution in [0.15, 0.2) is 0 Å². The van der Waals surface area contributed by atoms with Gasteiger partial charge in [-0.2, -0.15) is 0 Å². The normalized spacial score (nSPS) is 13.9. The van der Waals surface area contributed by atoms with Crippen molar-refractivity contribution in [2.24, 2.45) is 5.92 Å². The van der Waals surface area contributed by atoms with Crippen molar-refractivity contribution < 1.29 is 80.2 Å². The first kappa shape index (κ1) is 112. The third-order valence-corrected chi connectivity index (χ3v) is 24.8. The Morgan fingerprint density at radius 2 is 0.421 bits per heavy atom. The van der Waals surface area contributed by atoms with Crippen molar-refractivity contribution in [1.82, 2.24) is 0 Å². The molecule has 114 heavy (non-hydrogen) atoms. The Kier molecular flexibility index (Phi) is 85.9. The van der Waals surface area contributed by atoms with Gasteiger partial charge in [0.2, 0.25) is 0 Å². The van der Waals surface area contributed by atoms with E-state index in [2.05, 4.69) is 34.6 Å². The van der Waals surface area contributed by atoms with Gasteiger partial charge in [0.1, 0.15) is 19.3 Å². The van der Waals surface area contributed by atoms with E-state index < -0.39 is 97.5 Å². The number of ether oxygens (including phenoxy) is 4. The molecule has 0 amide bonds. The van der Waals surface area contributed by atoms with E-state index >= 15 is 0 Å². The van der Waals surface area contributed by atoms with Crippen LogP contribution in [0.5, 0.6) is 0 Å². The van der Waals surface area contributed by atoms with Gasteiger partial charge >= 0.3 is 39.5 Å². The second kappa shape index (κ2) is 87.4. The number of hydrogen-bond acceptors (Lipinski definition) is 15. The van der Waals surface area contributed by atoms with Gasteiger partial charge in [0.15, 0.2) is 12.2 Å². The second-order valence-electron chi connectivity index (χ2n) is 34.4. The average Bonchev–Trinajstić information content (AvgIpc) is 0.891. The lowest BCUT2D eigenvalue weighted by atomic mass is 9.99. The van der Waals surface area contributed by atoms with Gasteiger partial charge in [0.25, 0.3) is 0 Å². The van der Waals surface area contributed by atoms with Crippen LogP contribution >= 0.6 is 15.6 Å². The van der Waals surface area contributed by atoms with Crippen LogP contribution in [0.25, 0.3) is 0 Å². The Balaban J connectivity index is 5.14. The Morgan fingerprint density at radius 1 is 0.246 bits per heavy atom. The van der Waals surface area contributed by atoms with Crippen LogP contribution in [0.1, 0.15) is 523 Å². The van der Waals surface area contributed by atoms with Gasteiger partial charge in [-0.25, -0.2) is 9.13 Å². The molecule has 0 aliphatic carbocycles. The van der Waals surface area contributed by atoms with Gasteiger partial charge in [-0.3, -0.25) is 37.3 Å². The molecule has 6 atom stereocenters. The molecule has 678 valence electrons. The van der Waals surface area contributed by atoms with Crippen molar-refractivity contribution in [3.63, 3.8) is 0 Å². The molecule has 17 nitrogen and oxygen atoms in total. The van der Waals surface area contributed by atoms with Crippen LogP contribution in [0, 0.1) is 5.92 Å². The molecule has 0 saturated carbocycles. The first-order valence-electron chi connectivity index (χ1n) is 49.2. The highest BCUT2D eigenvalue weighted by molar-refractivity contribution is 7.47. The van der Waals surface area contributed by atoms with Crippen LogP contribution in [0.2, 0.25) is 0 Å². The number of aliphatic hydroxyl groups excluding tert-OH is 1. The highest BCUT2D eigenvalue weighted by atomic mass is 31.2. The average molecular weight is 1660 g/mol.